The van der Waals surface area contributed by atoms with Gasteiger partial charge in [0.05, 0.1) is 18.6 Å². The second kappa shape index (κ2) is 7.22. The molecule has 2 fully saturated rings. The average molecular weight is 303 g/mol. The predicted molar refractivity (Wildman–Crippen MR) is 85.3 cm³/mol. The molecule has 1 amide bonds. The molecule has 1 unspecified atom stereocenters. The first-order chi connectivity index (χ1) is 10.7. The molecular formula is C17H25N3O2. The highest BCUT2D eigenvalue weighted by Crippen LogP contribution is 2.12. The van der Waals surface area contributed by atoms with E-state index < -0.39 is 0 Å². The normalized spacial score (nSPS) is 23.0. The minimum absolute atomic E-state index is 0.151. The van der Waals surface area contributed by atoms with Crippen LogP contribution in [0.5, 0.6) is 0 Å². The second-order valence-corrected chi connectivity index (χ2v) is 6.31. The lowest BCUT2D eigenvalue weighted by Crippen LogP contribution is -2.50. The smallest absolute Gasteiger partial charge is 0.225 e. The highest BCUT2D eigenvalue weighted by Gasteiger charge is 2.24. The predicted octanol–water partition coefficient (Wildman–Crippen LogP) is 0.743. The fraction of sp³-hybridized carbons (Fsp3) is 0.588. The van der Waals surface area contributed by atoms with Crippen molar-refractivity contribution in [3.63, 3.8) is 0 Å². The number of nitrogens with zero attached hydrogens (tertiary/aromatic N) is 1. The Balaban J connectivity index is 1.51. The van der Waals surface area contributed by atoms with Gasteiger partial charge in [-0.05, 0) is 18.1 Å². The molecule has 5 nitrogen and oxygen atoms in total. The maximum absolute atomic E-state index is 11.9. The van der Waals surface area contributed by atoms with Crippen LogP contribution >= 0.6 is 0 Å². The van der Waals surface area contributed by atoms with E-state index >= 15 is 0 Å². The summed E-state index contributed by atoms with van der Waals surface area (Å²) >= 11 is 0. The zero-order chi connectivity index (χ0) is 15.4. The van der Waals surface area contributed by atoms with E-state index in [1.165, 1.54) is 11.1 Å². The summed E-state index contributed by atoms with van der Waals surface area (Å²) in [6.45, 7) is 8.07. The van der Waals surface area contributed by atoms with Gasteiger partial charge in [-0.25, -0.2) is 0 Å². The molecule has 0 bridgehead atoms. The molecule has 1 aromatic carbocycles. The summed E-state index contributed by atoms with van der Waals surface area (Å²) in [5.74, 6) is 0.309. The lowest BCUT2D eigenvalue weighted by molar-refractivity contribution is -0.126. The molecule has 0 spiro atoms. The van der Waals surface area contributed by atoms with Crippen LogP contribution in [0.4, 0.5) is 0 Å². The lowest BCUT2D eigenvalue weighted by Gasteiger charge is -2.31. The number of hydrogen-bond donors (Lipinski definition) is 2. The van der Waals surface area contributed by atoms with Gasteiger partial charge in [0.15, 0.2) is 0 Å². The van der Waals surface area contributed by atoms with E-state index in [2.05, 4.69) is 46.7 Å². The average Bonchev–Trinajstić information content (AvgIpc) is 2.44. The first-order valence-electron chi connectivity index (χ1n) is 8.11. The van der Waals surface area contributed by atoms with Gasteiger partial charge < -0.3 is 15.4 Å². The van der Waals surface area contributed by atoms with Crippen molar-refractivity contribution in [2.24, 2.45) is 5.92 Å². The van der Waals surface area contributed by atoms with Crippen LogP contribution in [0.2, 0.25) is 0 Å². The number of carbonyl (C=O) groups excluding carboxylic acids is 1. The summed E-state index contributed by atoms with van der Waals surface area (Å²) in [6.07, 6.45) is 0.312. The summed E-state index contributed by atoms with van der Waals surface area (Å²) in [5, 5.41) is 6.15. The Hall–Kier alpha value is -1.43. The van der Waals surface area contributed by atoms with Crippen LogP contribution in [0.15, 0.2) is 24.3 Å². The molecule has 5 heteroatoms. The SMILES string of the molecule is CC1CN(Cc2cccc(CNC(=O)C3CNC3)c2)CCO1. The maximum Gasteiger partial charge on any atom is 0.225 e. The van der Waals surface area contributed by atoms with E-state index in [1.807, 2.05) is 0 Å². The fourth-order valence-electron chi connectivity index (χ4n) is 2.94. The number of carbonyl (C=O) groups is 1. The molecule has 1 atom stereocenters. The third kappa shape index (κ3) is 4.06. The van der Waals surface area contributed by atoms with Crippen LogP contribution in [0.25, 0.3) is 0 Å². The summed E-state index contributed by atoms with van der Waals surface area (Å²) in [7, 11) is 0. The molecule has 120 valence electrons. The number of amides is 1. The quantitative estimate of drug-likeness (QED) is 0.842. The molecule has 3 rings (SSSR count). The molecule has 2 aliphatic heterocycles. The van der Waals surface area contributed by atoms with Crippen molar-refractivity contribution >= 4 is 5.91 Å². The topological polar surface area (TPSA) is 53.6 Å². The first-order valence-corrected chi connectivity index (χ1v) is 8.11. The fourth-order valence-corrected chi connectivity index (χ4v) is 2.94. The summed E-state index contributed by atoms with van der Waals surface area (Å²) in [5.41, 5.74) is 2.46. The first kappa shape index (κ1) is 15.5. The highest BCUT2D eigenvalue weighted by atomic mass is 16.5. The number of ether oxygens (including phenoxy) is 1. The van der Waals surface area contributed by atoms with Crippen LogP contribution < -0.4 is 10.6 Å². The zero-order valence-corrected chi connectivity index (χ0v) is 13.2. The lowest BCUT2D eigenvalue weighted by atomic mass is 10.0. The van der Waals surface area contributed by atoms with Gasteiger partial charge in [-0.3, -0.25) is 9.69 Å². The van der Waals surface area contributed by atoms with Crippen molar-refractivity contribution in [2.45, 2.75) is 26.1 Å². The van der Waals surface area contributed by atoms with Crippen LogP contribution in [0.3, 0.4) is 0 Å². The Morgan fingerprint density at radius 1 is 1.41 bits per heavy atom. The molecule has 1 aromatic rings. The van der Waals surface area contributed by atoms with E-state index in [0.29, 0.717) is 12.6 Å². The van der Waals surface area contributed by atoms with Crippen molar-refractivity contribution in [2.75, 3.05) is 32.8 Å². The molecule has 0 radical (unpaired) electrons. The van der Waals surface area contributed by atoms with Gasteiger partial charge >= 0.3 is 0 Å². The standard InChI is InChI=1S/C17H25N3O2/c1-13-11-20(5-6-22-13)12-15-4-2-3-14(7-15)8-19-17(21)16-9-18-10-16/h2-4,7,13,16,18H,5-6,8-12H2,1H3,(H,19,21). The van der Waals surface area contributed by atoms with E-state index in [1.54, 1.807) is 0 Å². The van der Waals surface area contributed by atoms with Crippen molar-refractivity contribution in [3.8, 4) is 0 Å². The van der Waals surface area contributed by atoms with Gasteiger partial charge in [0.25, 0.3) is 0 Å². The number of benzene rings is 1. The Kier molecular flexibility index (Phi) is 5.08. The highest BCUT2D eigenvalue weighted by molar-refractivity contribution is 5.79. The van der Waals surface area contributed by atoms with E-state index in [4.69, 9.17) is 4.74 Å². The van der Waals surface area contributed by atoms with Gasteiger partial charge in [-0.2, -0.15) is 0 Å². The van der Waals surface area contributed by atoms with Gasteiger partial charge in [0.2, 0.25) is 5.91 Å². The molecular weight excluding hydrogens is 278 g/mol. The third-order valence-electron chi connectivity index (χ3n) is 4.34. The largest absolute Gasteiger partial charge is 0.376 e. The Morgan fingerprint density at radius 3 is 2.95 bits per heavy atom. The Bertz CT molecular complexity index is 516. The van der Waals surface area contributed by atoms with E-state index in [9.17, 15) is 4.79 Å². The van der Waals surface area contributed by atoms with E-state index in [-0.39, 0.29) is 11.8 Å². The summed E-state index contributed by atoms with van der Waals surface area (Å²) < 4.78 is 5.58. The van der Waals surface area contributed by atoms with Crippen molar-refractivity contribution in [3.05, 3.63) is 35.4 Å². The molecule has 2 N–H and O–H groups in total. The molecule has 0 saturated carbocycles. The summed E-state index contributed by atoms with van der Waals surface area (Å²) in [4.78, 5) is 14.3. The maximum atomic E-state index is 11.9. The summed E-state index contributed by atoms with van der Waals surface area (Å²) in [6, 6.07) is 8.50. The molecule has 2 aliphatic rings. The zero-order valence-electron chi connectivity index (χ0n) is 13.2. The number of hydrogen-bond acceptors (Lipinski definition) is 4. The number of rotatable bonds is 5. The van der Waals surface area contributed by atoms with Crippen LogP contribution in [-0.2, 0) is 22.6 Å². The monoisotopic (exact) mass is 303 g/mol. The van der Waals surface area contributed by atoms with Gasteiger partial charge in [-0.1, -0.05) is 24.3 Å². The number of nitrogens with one attached hydrogen (secondary N) is 2. The van der Waals surface area contributed by atoms with Gasteiger partial charge in [0.1, 0.15) is 0 Å². The minimum Gasteiger partial charge on any atom is -0.376 e. The van der Waals surface area contributed by atoms with Crippen LogP contribution in [0, 0.1) is 5.92 Å². The minimum atomic E-state index is 0.151. The van der Waals surface area contributed by atoms with Crippen LogP contribution in [-0.4, -0.2) is 49.7 Å². The molecule has 0 aliphatic carbocycles. The van der Waals surface area contributed by atoms with Crippen LogP contribution in [0.1, 0.15) is 18.1 Å². The molecule has 2 heterocycles. The van der Waals surface area contributed by atoms with Crippen molar-refractivity contribution < 1.29 is 9.53 Å². The second-order valence-electron chi connectivity index (χ2n) is 6.31. The number of morpholine rings is 1. The van der Waals surface area contributed by atoms with Crippen molar-refractivity contribution in [1.29, 1.82) is 0 Å². The Morgan fingerprint density at radius 2 is 2.23 bits per heavy atom. The van der Waals surface area contributed by atoms with Crippen molar-refractivity contribution in [1.82, 2.24) is 15.5 Å². The third-order valence-corrected chi connectivity index (χ3v) is 4.34. The van der Waals surface area contributed by atoms with E-state index in [0.717, 1.165) is 39.3 Å². The molecule has 2 saturated heterocycles. The van der Waals surface area contributed by atoms with Gasteiger partial charge in [-0.15, -0.1) is 0 Å². The Labute approximate surface area is 132 Å². The molecule has 0 aromatic heterocycles. The molecule has 22 heavy (non-hydrogen) atoms. The van der Waals surface area contributed by atoms with Gasteiger partial charge in [0, 0.05) is 39.3 Å².